The molecule has 1 aromatic heterocycles. The molecule has 0 aromatic carbocycles. The SMILES string of the molecule is CC(C)c1ccc(C(=O)N2CC3CC(C2)N3C(=O)/C=C/CN(C)C)s1. The molecule has 4 heterocycles. The van der Waals surface area contributed by atoms with E-state index >= 15 is 0 Å². The minimum atomic E-state index is 0.0772. The summed E-state index contributed by atoms with van der Waals surface area (Å²) in [6.45, 7) is 6.35. The Morgan fingerprint density at radius 1 is 1.28 bits per heavy atom. The first-order chi connectivity index (χ1) is 11.9. The van der Waals surface area contributed by atoms with Crippen LogP contribution in [0.2, 0.25) is 0 Å². The molecule has 3 aliphatic rings. The average molecular weight is 362 g/mol. The van der Waals surface area contributed by atoms with Gasteiger partial charge in [0, 0.05) is 30.6 Å². The Kier molecular flexibility index (Phi) is 5.29. The molecule has 3 aliphatic heterocycles. The lowest BCUT2D eigenvalue weighted by Gasteiger charge is -2.55. The third-order valence-electron chi connectivity index (χ3n) is 4.87. The number of hydrogen-bond acceptors (Lipinski definition) is 4. The molecular formula is C19H27N3O2S. The van der Waals surface area contributed by atoms with Crippen LogP contribution in [-0.4, -0.2) is 72.3 Å². The molecule has 0 N–H and O–H groups in total. The third kappa shape index (κ3) is 3.80. The standard InChI is InChI=1S/C19H27N3O2S/c1-13(2)16-7-8-17(25-16)19(24)21-11-14-10-15(12-21)22(14)18(23)6-5-9-20(3)4/h5-8,13-15H,9-12H2,1-4H3/b6-5+. The molecule has 2 unspecified atom stereocenters. The number of piperidine rings is 1. The largest absolute Gasteiger partial charge is 0.334 e. The van der Waals surface area contributed by atoms with Crippen molar-refractivity contribution in [1.29, 1.82) is 0 Å². The van der Waals surface area contributed by atoms with Gasteiger partial charge in [0.15, 0.2) is 0 Å². The van der Waals surface area contributed by atoms with Gasteiger partial charge in [-0.25, -0.2) is 0 Å². The summed E-state index contributed by atoms with van der Waals surface area (Å²) >= 11 is 1.59. The second-order valence-electron chi connectivity index (χ2n) is 7.52. The van der Waals surface area contributed by atoms with Crippen LogP contribution < -0.4 is 0 Å². The molecule has 5 nitrogen and oxygen atoms in total. The number of amides is 2. The van der Waals surface area contributed by atoms with Crippen LogP contribution in [0.25, 0.3) is 0 Å². The molecule has 0 saturated carbocycles. The van der Waals surface area contributed by atoms with Gasteiger partial charge in [0.25, 0.3) is 5.91 Å². The monoisotopic (exact) mass is 361 g/mol. The number of fused-ring (bicyclic) bond motifs is 2. The van der Waals surface area contributed by atoms with Gasteiger partial charge < -0.3 is 14.7 Å². The van der Waals surface area contributed by atoms with Crippen molar-refractivity contribution in [3.05, 3.63) is 34.0 Å². The Morgan fingerprint density at radius 2 is 1.96 bits per heavy atom. The van der Waals surface area contributed by atoms with Gasteiger partial charge in [-0.15, -0.1) is 11.3 Å². The van der Waals surface area contributed by atoms with Crippen LogP contribution in [0.1, 0.15) is 40.7 Å². The van der Waals surface area contributed by atoms with Crippen LogP contribution in [0.5, 0.6) is 0 Å². The molecule has 4 rings (SSSR count). The highest BCUT2D eigenvalue weighted by molar-refractivity contribution is 7.14. The minimum Gasteiger partial charge on any atom is -0.334 e. The first kappa shape index (κ1) is 18.1. The van der Waals surface area contributed by atoms with Gasteiger partial charge in [0.2, 0.25) is 5.91 Å². The van der Waals surface area contributed by atoms with E-state index in [9.17, 15) is 9.59 Å². The third-order valence-corrected chi connectivity index (χ3v) is 6.25. The van der Waals surface area contributed by atoms with Crippen molar-refractivity contribution < 1.29 is 9.59 Å². The van der Waals surface area contributed by atoms with E-state index in [0.717, 1.165) is 17.8 Å². The summed E-state index contributed by atoms with van der Waals surface area (Å²) in [6, 6.07) is 4.33. The van der Waals surface area contributed by atoms with Crippen molar-refractivity contribution in [2.24, 2.45) is 0 Å². The molecule has 6 heteroatoms. The summed E-state index contributed by atoms with van der Waals surface area (Å²) in [7, 11) is 3.96. The van der Waals surface area contributed by atoms with E-state index in [2.05, 4.69) is 19.9 Å². The average Bonchev–Trinajstić information content (AvgIpc) is 3.04. The highest BCUT2D eigenvalue weighted by atomic mass is 32.1. The second kappa shape index (κ2) is 7.30. The van der Waals surface area contributed by atoms with Gasteiger partial charge >= 0.3 is 0 Å². The second-order valence-corrected chi connectivity index (χ2v) is 8.64. The minimum absolute atomic E-state index is 0.0772. The lowest BCUT2D eigenvalue weighted by Crippen LogP contribution is -2.70. The fourth-order valence-corrected chi connectivity index (χ4v) is 4.50. The van der Waals surface area contributed by atoms with E-state index < -0.39 is 0 Å². The van der Waals surface area contributed by atoms with Crippen LogP contribution in [0.3, 0.4) is 0 Å². The van der Waals surface area contributed by atoms with Crippen molar-refractivity contribution in [2.45, 2.75) is 38.3 Å². The number of carbonyl (C=O) groups is 2. The first-order valence-electron chi connectivity index (χ1n) is 8.89. The molecule has 0 spiro atoms. The lowest BCUT2D eigenvalue weighted by atomic mass is 9.87. The highest BCUT2D eigenvalue weighted by Gasteiger charge is 2.47. The number of thiophene rings is 1. The van der Waals surface area contributed by atoms with Crippen LogP contribution in [0, 0.1) is 0 Å². The van der Waals surface area contributed by atoms with E-state index in [1.54, 1.807) is 17.4 Å². The van der Waals surface area contributed by atoms with Gasteiger partial charge in [-0.2, -0.15) is 0 Å². The number of piperazine rings is 1. The fraction of sp³-hybridized carbons (Fsp3) is 0.579. The molecule has 1 aromatic rings. The zero-order valence-electron chi connectivity index (χ0n) is 15.4. The molecule has 136 valence electrons. The lowest BCUT2D eigenvalue weighted by molar-refractivity contribution is -0.146. The topological polar surface area (TPSA) is 43.9 Å². The summed E-state index contributed by atoms with van der Waals surface area (Å²) in [6.07, 6.45) is 4.59. The van der Waals surface area contributed by atoms with E-state index in [-0.39, 0.29) is 23.9 Å². The van der Waals surface area contributed by atoms with E-state index in [1.807, 2.05) is 40.9 Å². The van der Waals surface area contributed by atoms with Crippen molar-refractivity contribution in [3.63, 3.8) is 0 Å². The van der Waals surface area contributed by atoms with Gasteiger partial charge in [-0.1, -0.05) is 19.9 Å². The van der Waals surface area contributed by atoms with Gasteiger partial charge in [0.1, 0.15) is 0 Å². The predicted octanol–water partition coefficient (Wildman–Crippen LogP) is 2.41. The van der Waals surface area contributed by atoms with Crippen molar-refractivity contribution in [1.82, 2.24) is 14.7 Å². The molecule has 3 saturated heterocycles. The van der Waals surface area contributed by atoms with E-state index in [4.69, 9.17) is 0 Å². The molecule has 2 amide bonds. The number of carbonyl (C=O) groups excluding carboxylic acids is 2. The van der Waals surface area contributed by atoms with Crippen LogP contribution in [0.4, 0.5) is 0 Å². The maximum absolute atomic E-state index is 12.7. The summed E-state index contributed by atoms with van der Waals surface area (Å²) in [5, 5.41) is 0. The van der Waals surface area contributed by atoms with Crippen molar-refractivity contribution >= 4 is 23.2 Å². The number of likely N-dealkylation sites (N-methyl/N-ethyl adjacent to an activating group) is 1. The first-order valence-corrected chi connectivity index (χ1v) is 9.71. The van der Waals surface area contributed by atoms with Gasteiger partial charge in [-0.3, -0.25) is 9.59 Å². The van der Waals surface area contributed by atoms with Gasteiger partial charge in [0.05, 0.1) is 17.0 Å². The maximum atomic E-state index is 12.7. The molecule has 2 bridgehead atoms. The summed E-state index contributed by atoms with van der Waals surface area (Å²) in [4.78, 5) is 33.0. The molecule has 3 fully saturated rings. The summed E-state index contributed by atoms with van der Waals surface area (Å²) < 4.78 is 0. The Balaban J connectivity index is 1.58. The maximum Gasteiger partial charge on any atom is 0.264 e. The fourth-order valence-electron chi connectivity index (χ4n) is 3.52. The number of hydrogen-bond donors (Lipinski definition) is 0. The molecule has 25 heavy (non-hydrogen) atoms. The molecular weight excluding hydrogens is 334 g/mol. The van der Waals surface area contributed by atoms with Crippen molar-refractivity contribution in [3.8, 4) is 0 Å². The molecule has 2 atom stereocenters. The Bertz CT molecular complexity index is 668. The van der Waals surface area contributed by atoms with Crippen LogP contribution in [-0.2, 0) is 4.79 Å². The summed E-state index contributed by atoms with van der Waals surface area (Å²) in [5.74, 6) is 0.638. The van der Waals surface area contributed by atoms with E-state index in [1.165, 1.54) is 4.88 Å². The quantitative estimate of drug-likeness (QED) is 0.757. The van der Waals surface area contributed by atoms with Crippen LogP contribution >= 0.6 is 11.3 Å². The smallest absolute Gasteiger partial charge is 0.264 e. The number of rotatable bonds is 5. The Hall–Kier alpha value is -1.66. The molecule has 0 aliphatic carbocycles. The highest BCUT2D eigenvalue weighted by Crippen LogP contribution is 2.34. The van der Waals surface area contributed by atoms with E-state index in [0.29, 0.717) is 19.0 Å². The van der Waals surface area contributed by atoms with Crippen molar-refractivity contribution in [2.75, 3.05) is 33.7 Å². The Morgan fingerprint density at radius 3 is 2.52 bits per heavy atom. The normalized spacial score (nSPS) is 22.8. The Labute approximate surface area is 153 Å². The zero-order chi connectivity index (χ0) is 18.1. The number of nitrogens with zero attached hydrogens (tertiary/aromatic N) is 3. The molecule has 0 radical (unpaired) electrons. The van der Waals surface area contributed by atoms with Gasteiger partial charge in [-0.05, 0) is 38.6 Å². The van der Waals surface area contributed by atoms with Crippen LogP contribution in [0.15, 0.2) is 24.3 Å². The zero-order valence-corrected chi connectivity index (χ0v) is 16.3. The summed E-state index contributed by atoms with van der Waals surface area (Å²) in [5.41, 5.74) is 0. The predicted molar refractivity (Wildman–Crippen MR) is 101 cm³/mol.